The van der Waals surface area contributed by atoms with Crippen molar-refractivity contribution in [2.24, 2.45) is 15.6 Å². The lowest BCUT2D eigenvalue weighted by Gasteiger charge is -2.19. The lowest BCUT2D eigenvalue weighted by molar-refractivity contribution is -0.150. The lowest BCUT2D eigenvalue weighted by Crippen LogP contribution is -2.26. The highest BCUT2D eigenvalue weighted by molar-refractivity contribution is 5.75. The Morgan fingerprint density at radius 1 is 1.47 bits per heavy atom. The van der Waals surface area contributed by atoms with Gasteiger partial charge in [0.25, 0.3) is 0 Å². The molecule has 0 saturated carbocycles. The molecule has 0 rings (SSSR count). The molecule has 0 amide bonds. The van der Waals surface area contributed by atoms with Gasteiger partial charge < -0.3 is 4.74 Å². The van der Waals surface area contributed by atoms with E-state index in [0.29, 0.717) is 13.0 Å². The van der Waals surface area contributed by atoms with E-state index >= 15 is 0 Å². The summed E-state index contributed by atoms with van der Waals surface area (Å²) in [6, 6.07) is 0. The summed E-state index contributed by atoms with van der Waals surface area (Å²) in [7, 11) is 1.40. The second-order valence-corrected chi connectivity index (χ2v) is 4.02. The standard InChI is InChI=1S/C11H20N2O2/c1-6-9(2)13-12-8-7-11(3,4)10(14)15-5/h6H,7-8H2,1-5H3/b9-6-,13-12-. The van der Waals surface area contributed by atoms with Crippen LogP contribution in [0, 0.1) is 5.41 Å². The second kappa shape index (κ2) is 6.32. The van der Waals surface area contributed by atoms with Gasteiger partial charge in [-0.2, -0.15) is 10.2 Å². The summed E-state index contributed by atoms with van der Waals surface area (Å²) < 4.78 is 4.69. The Bertz CT molecular complexity index is 268. The second-order valence-electron chi connectivity index (χ2n) is 4.02. The maximum absolute atomic E-state index is 11.3. The lowest BCUT2D eigenvalue weighted by atomic mass is 9.90. The number of carbonyl (C=O) groups excluding carboxylic acids is 1. The maximum atomic E-state index is 11.3. The molecular formula is C11H20N2O2. The van der Waals surface area contributed by atoms with Gasteiger partial charge in [0.1, 0.15) is 0 Å². The van der Waals surface area contributed by atoms with Crippen LogP contribution in [0.5, 0.6) is 0 Å². The van der Waals surface area contributed by atoms with Crippen molar-refractivity contribution in [2.75, 3.05) is 13.7 Å². The Hall–Kier alpha value is -1.19. The Labute approximate surface area is 91.4 Å². The van der Waals surface area contributed by atoms with Crippen LogP contribution < -0.4 is 0 Å². The van der Waals surface area contributed by atoms with Gasteiger partial charge in [0, 0.05) is 0 Å². The smallest absolute Gasteiger partial charge is 0.311 e. The topological polar surface area (TPSA) is 51.0 Å². The predicted octanol–water partition coefficient (Wildman–Crippen LogP) is 2.95. The first-order chi connectivity index (χ1) is 6.94. The highest BCUT2D eigenvalue weighted by atomic mass is 16.5. The van der Waals surface area contributed by atoms with E-state index in [1.54, 1.807) is 0 Å². The molecule has 0 aliphatic rings. The monoisotopic (exact) mass is 212 g/mol. The fourth-order valence-electron chi connectivity index (χ4n) is 0.927. The van der Waals surface area contributed by atoms with Crippen molar-refractivity contribution in [3.8, 4) is 0 Å². The number of nitrogens with zero attached hydrogens (tertiary/aromatic N) is 2. The maximum Gasteiger partial charge on any atom is 0.311 e. The molecule has 0 heterocycles. The van der Waals surface area contributed by atoms with Crippen molar-refractivity contribution in [1.29, 1.82) is 0 Å². The minimum Gasteiger partial charge on any atom is -0.469 e. The number of hydrogen-bond donors (Lipinski definition) is 0. The number of azo groups is 1. The van der Waals surface area contributed by atoms with Crippen molar-refractivity contribution in [2.45, 2.75) is 34.1 Å². The van der Waals surface area contributed by atoms with Crippen LogP contribution in [-0.4, -0.2) is 19.6 Å². The summed E-state index contributed by atoms with van der Waals surface area (Å²) in [5, 5.41) is 7.96. The average Bonchev–Trinajstić information content (AvgIpc) is 2.22. The summed E-state index contributed by atoms with van der Waals surface area (Å²) >= 11 is 0. The summed E-state index contributed by atoms with van der Waals surface area (Å²) in [6.45, 7) is 8.02. The summed E-state index contributed by atoms with van der Waals surface area (Å²) in [5.41, 5.74) is 0.392. The Morgan fingerprint density at radius 3 is 2.53 bits per heavy atom. The van der Waals surface area contributed by atoms with Crippen molar-refractivity contribution in [1.82, 2.24) is 0 Å². The number of esters is 1. The zero-order valence-electron chi connectivity index (χ0n) is 10.2. The number of methoxy groups -OCH3 is 1. The summed E-state index contributed by atoms with van der Waals surface area (Å²) in [6.07, 6.45) is 2.52. The van der Waals surface area contributed by atoms with Gasteiger partial charge >= 0.3 is 5.97 Å². The fourth-order valence-corrected chi connectivity index (χ4v) is 0.927. The summed E-state index contributed by atoms with van der Waals surface area (Å²) in [4.78, 5) is 11.3. The van der Waals surface area contributed by atoms with Crippen molar-refractivity contribution in [3.63, 3.8) is 0 Å². The zero-order chi connectivity index (χ0) is 11.9. The van der Waals surface area contributed by atoms with Crippen LogP contribution in [0.2, 0.25) is 0 Å². The van der Waals surface area contributed by atoms with Crippen LogP contribution in [0.15, 0.2) is 22.0 Å². The van der Waals surface area contributed by atoms with E-state index in [1.165, 1.54) is 7.11 Å². The van der Waals surface area contributed by atoms with Gasteiger partial charge in [0.05, 0.1) is 24.8 Å². The molecule has 0 spiro atoms. The molecule has 86 valence electrons. The molecule has 0 radical (unpaired) electrons. The van der Waals surface area contributed by atoms with Crippen LogP contribution in [-0.2, 0) is 9.53 Å². The fraction of sp³-hybridized carbons (Fsp3) is 0.727. The van der Waals surface area contributed by atoms with Gasteiger partial charge in [-0.1, -0.05) is 6.08 Å². The van der Waals surface area contributed by atoms with Gasteiger partial charge in [-0.3, -0.25) is 4.79 Å². The average molecular weight is 212 g/mol. The Morgan fingerprint density at radius 2 is 2.07 bits per heavy atom. The van der Waals surface area contributed by atoms with Gasteiger partial charge in [0.15, 0.2) is 0 Å². The minimum atomic E-state index is -0.488. The highest BCUT2D eigenvalue weighted by Crippen LogP contribution is 2.21. The van der Waals surface area contributed by atoms with Gasteiger partial charge in [-0.05, 0) is 34.1 Å². The molecule has 0 fully saturated rings. The molecule has 0 unspecified atom stereocenters. The molecule has 0 aromatic heterocycles. The van der Waals surface area contributed by atoms with E-state index in [0.717, 1.165) is 5.70 Å². The molecule has 0 aliphatic carbocycles. The third-order valence-electron chi connectivity index (χ3n) is 2.22. The van der Waals surface area contributed by atoms with E-state index < -0.39 is 5.41 Å². The van der Waals surface area contributed by atoms with Crippen LogP contribution in [0.3, 0.4) is 0 Å². The van der Waals surface area contributed by atoms with E-state index in [9.17, 15) is 4.79 Å². The first-order valence-electron chi connectivity index (χ1n) is 5.03. The summed E-state index contributed by atoms with van der Waals surface area (Å²) in [5.74, 6) is -0.208. The molecule has 0 bridgehead atoms. The number of ether oxygens (including phenoxy) is 1. The Balaban J connectivity index is 4.06. The van der Waals surface area contributed by atoms with Crippen LogP contribution in [0.4, 0.5) is 0 Å². The molecule has 4 nitrogen and oxygen atoms in total. The third-order valence-corrected chi connectivity index (χ3v) is 2.22. The first kappa shape index (κ1) is 13.8. The molecular weight excluding hydrogens is 192 g/mol. The van der Waals surface area contributed by atoms with E-state index in [2.05, 4.69) is 10.2 Å². The quantitative estimate of drug-likeness (QED) is 0.519. The zero-order valence-corrected chi connectivity index (χ0v) is 10.2. The molecule has 0 saturated heterocycles. The third kappa shape index (κ3) is 5.30. The molecule has 4 heteroatoms. The van der Waals surface area contributed by atoms with Crippen LogP contribution >= 0.6 is 0 Å². The van der Waals surface area contributed by atoms with Crippen LogP contribution in [0.1, 0.15) is 34.1 Å². The number of hydrogen-bond acceptors (Lipinski definition) is 4. The van der Waals surface area contributed by atoms with E-state index in [-0.39, 0.29) is 5.97 Å². The highest BCUT2D eigenvalue weighted by Gasteiger charge is 2.27. The van der Waals surface area contributed by atoms with Crippen LogP contribution in [0.25, 0.3) is 0 Å². The minimum absolute atomic E-state index is 0.208. The molecule has 0 atom stereocenters. The van der Waals surface area contributed by atoms with E-state index in [4.69, 9.17) is 4.74 Å². The van der Waals surface area contributed by atoms with Gasteiger partial charge in [-0.15, -0.1) is 0 Å². The van der Waals surface area contributed by atoms with Crippen molar-refractivity contribution in [3.05, 3.63) is 11.8 Å². The SMILES string of the molecule is C/C=C(C)\N=N/CCC(C)(C)C(=O)OC. The largest absolute Gasteiger partial charge is 0.469 e. The van der Waals surface area contributed by atoms with Gasteiger partial charge in [0.2, 0.25) is 0 Å². The Kier molecular flexibility index (Phi) is 5.82. The van der Waals surface area contributed by atoms with Crippen molar-refractivity contribution >= 4 is 5.97 Å². The molecule has 0 aromatic rings. The molecule has 15 heavy (non-hydrogen) atoms. The molecule has 0 N–H and O–H groups in total. The number of allylic oxidation sites excluding steroid dienone is 2. The normalized spacial score (nSPS) is 13.3. The van der Waals surface area contributed by atoms with E-state index in [1.807, 2.05) is 33.8 Å². The van der Waals surface area contributed by atoms with Crippen molar-refractivity contribution < 1.29 is 9.53 Å². The van der Waals surface area contributed by atoms with Gasteiger partial charge in [-0.25, -0.2) is 0 Å². The first-order valence-corrected chi connectivity index (χ1v) is 5.03. The molecule has 0 aromatic carbocycles. The number of carbonyl (C=O) groups is 1. The molecule has 0 aliphatic heterocycles. The predicted molar refractivity (Wildman–Crippen MR) is 59.6 cm³/mol. The number of rotatable bonds is 5.